The first-order valence-corrected chi connectivity index (χ1v) is 13.0. The van der Waals surface area contributed by atoms with Gasteiger partial charge in [0, 0.05) is 44.1 Å². The highest BCUT2D eigenvalue weighted by atomic mass is 32.2. The van der Waals surface area contributed by atoms with Crippen molar-refractivity contribution in [3.8, 4) is 0 Å². The predicted molar refractivity (Wildman–Crippen MR) is 130 cm³/mol. The van der Waals surface area contributed by atoms with E-state index in [1.165, 1.54) is 0 Å². The molecule has 1 amide bonds. The molecule has 3 heterocycles. The third-order valence-corrected chi connectivity index (χ3v) is 8.44. The lowest BCUT2D eigenvalue weighted by Crippen LogP contribution is -2.35. The molecule has 0 saturated carbocycles. The van der Waals surface area contributed by atoms with Crippen molar-refractivity contribution in [3.63, 3.8) is 0 Å². The van der Waals surface area contributed by atoms with Crippen LogP contribution < -0.4 is 10.9 Å². The highest BCUT2D eigenvalue weighted by molar-refractivity contribution is 7.89. The smallest absolute Gasteiger partial charge is 0.253 e. The molecule has 1 aliphatic heterocycles. The zero-order valence-electron chi connectivity index (χ0n) is 19.8. The Labute approximate surface area is 199 Å². The van der Waals surface area contributed by atoms with E-state index in [4.69, 9.17) is 0 Å². The van der Waals surface area contributed by atoms with Crippen LogP contribution >= 0.6 is 0 Å². The lowest BCUT2D eigenvalue weighted by molar-refractivity contribution is -0.121. The Morgan fingerprint density at radius 3 is 2.47 bits per heavy atom. The van der Waals surface area contributed by atoms with Gasteiger partial charge in [-0.2, -0.15) is 9.40 Å². The Bertz CT molecular complexity index is 1370. The van der Waals surface area contributed by atoms with E-state index in [0.29, 0.717) is 37.3 Å². The number of aryl methyl sites for hydroxylation is 3. The van der Waals surface area contributed by atoms with Gasteiger partial charge in [-0.3, -0.25) is 14.3 Å². The van der Waals surface area contributed by atoms with Gasteiger partial charge in [-0.05, 0) is 56.4 Å². The number of aromatic amines is 1. The minimum Gasteiger partial charge on any atom is -0.352 e. The number of benzene rings is 1. The molecule has 0 radical (unpaired) electrons. The average molecular weight is 486 g/mol. The fourth-order valence-electron chi connectivity index (χ4n) is 4.62. The molecule has 10 heteroatoms. The number of rotatable bonds is 7. The molecule has 182 valence electrons. The maximum absolute atomic E-state index is 12.8. The third-order valence-electron chi connectivity index (χ3n) is 6.52. The molecule has 0 bridgehead atoms. The number of fused-ring (bicyclic) bond motifs is 1. The molecule has 2 N–H and O–H groups in total. The van der Waals surface area contributed by atoms with Gasteiger partial charge in [0.05, 0.1) is 10.6 Å². The van der Waals surface area contributed by atoms with Crippen LogP contribution in [0.3, 0.4) is 0 Å². The van der Waals surface area contributed by atoms with Crippen LogP contribution in [0, 0.1) is 13.8 Å². The van der Waals surface area contributed by atoms with E-state index in [2.05, 4.69) is 15.4 Å². The van der Waals surface area contributed by atoms with E-state index < -0.39 is 10.0 Å². The van der Waals surface area contributed by atoms with Crippen molar-refractivity contribution in [2.45, 2.75) is 57.4 Å². The van der Waals surface area contributed by atoms with Crippen LogP contribution in [0.4, 0.5) is 0 Å². The highest BCUT2D eigenvalue weighted by Gasteiger charge is 2.25. The maximum Gasteiger partial charge on any atom is 0.253 e. The van der Waals surface area contributed by atoms with Gasteiger partial charge in [0.25, 0.3) is 5.56 Å². The first-order chi connectivity index (χ1) is 16.2. The standard InChI is InChI=1S/C24H31N5O4S/c1-16-20(24(31)26-23-22(16)17(2)27-28(23)3)11-12-21(30)25-15-18-7-9-19(10-8-18)34(32,33)29-13-5-4-6-14-29/h7-10H,4-6,11-15H2,1-3H3,(H,25,30)(H,26,31). The van der Waals surface area contributed by atoms with Gasteiger partial charge in [-0.25, -0.2) is 8.42 Å². The number of amides is 1. The van der Waals surface area contributed by atoms with Gasteiger partial charge in [-0.15, -0.1) is 0 Å². The summed E-state index contributed by atoms with van der Waals surface area (Å²) in [4.78, 5) is 28.1. The van der Waals surface area contributed by atoms with E-state index in [1.54, 1.807) is 40.3 Å². The van der Waals surface area contributed by atoms with E-state index in [9.17, 15) is 18.0 Å². The van der Waals surface area contributed by atoms with Crippen LogP contribution in [0.15, 0.2) is 34.0 Å². The zero-order chi connectivity index (χ0) is 24.5. The molecule has 4 rings (SSSR count). The number of piperidine rings is 1. The van der Waals surface area contributed by atoms with Crippen molar-refractivity contribution in [3.05, 3.63) is 57.0 Å². The summed E-state index contributed by atoms with van der Waals surface area (Å²) in [5, 5.41) is 8.13. The summed E-state index contributed by atoms with van der Waals surface area (Å²) in [6.45, 7) is 5.20. The number of H-pyrrole nitrogens is 1. The van der Waals surface area contributed by atoms with Crippen LogP contribution in [-0.4, -0.2) is 46.5 Å². The normalized spacial score (nSPS) is 15.0. The molecule has 9 nitrogen and oxygen atoms in total. The Balaban J connectivity index is 1.36. The monoisotopic (exact) mass is 485 g/mol. The number of carbonyl (C=O) groups excluding carboxylic acids is 1. The lowest BCUT2D eigenvalue weighted by Gasteiger charge is -2.25. The van der Waals surface area contributed by atoms with Crippen molar-refractivity contribution >= 4 is 27.0 Å². The molecule has 0 unspecified atom stereocenters. The molecule has 1 aliphatic rings. The van der Waals surface area contributed by atoms with Gasteiger partial charge in [-0.1, -0.05) is 18.6 Å². The van der Waals surface area contributed by atoms with Crippen molar-refractivity contribution in [2.24, 2.45) is 7.05 Å². The van der Waals surface area contributed by atoms with Crippen LogP contribution in [0.2, 0.25) is 0 Å². The number of nitrogens with one attached hydrogen (secondary N) is 2. The Morgan fingerprint density at radius 1 is 1.12 bits per heavy atom. The fourth-order valence-corrected chi connectivity index (χ4v) is 6.13. The zero-order valence-corrected chi connectivity index (χ0v) is 20.7. The summed E-state index contributed by atoms with van der Waals surface area (Å²) < 4.78 is 28.7. The second-order valence-corrected chi connectivity index (χ2v) is 10.8. The molecule has 0 atom stereocenters. The summed E-state index contributed by atoms with van der Waals surface area (Å²) in [7, 11) is -1.68. The van der Waals surface area contributed by atoms with Crippen LogP contribution in [0.25, 0.3) is 11.0 Å². The highest BCUT2D eigenvalue weighted by Crippen LogP contribution is 2.22. The summed E-state index contributed by atoms with van der Waals surface area (Å²) >= 11 is 0. The summed E-state index contributed by atoms with van der Waals surface area (Å²) in [5.41, 5.74) is 3.56. The van der Waals surface area contributed by atoms with E-state index >= 15 is 0 Å². The number of hydrogen-bond donors (Lipinski definition) is 2. The number of hydrogen-bond acceptors (Lipinski definition) is 5. The second kappa shape index (κ2) is 9.71. The molecule has 1 saturated heterocycles. The topological polar surface area (TPSA) is 117 Å². The summed E-state index contributed by atoms with van der Waals surface area (Å²) in [5.74, 6) is -0.174. The quantitative estimate of drug-likeness (QED) is 0.533. The SMILES string of the molecule is Cc1nn(C)c2[nH]c(=O)c(CCC(=O)NCc3ccc(S(=O)(=O)N4CCCCC4)cc3)c(C)c12. The Kier molecular flexibility index (Phi) is 6.90. The number of sulfonamides is 1. The van der Waals surface area contributed by atoms with E-state index in [-0.39, 0.29) is 22.8 Å². The van der Waals surface area contributed by atoms with Crippen molar-refractivity contribution in [2.75, 3.05) is 13.1 Å². The first kappa shape index (κ1) is 24.2. The van der Waals surface area contributed by atoms with Gasteiger partial charge in [0.15, 0.2) is 0 Å². The first-order valence-electron chi connectivity index (χ1n) is 11.6. The number of carbonyl (C=O) groups is 1. The molecule has 1 aromatic carbocycles. The van der Waals surface area contributed by atoms with Gasteiger partial charge in [0.2, 0.25) is 15.9 Å². The maximum atomic E-state index is 12.8. The average Bonchev–Trinajstić information content (AvgIpc) is 3.11. The molecule has 0 aliphatic carbocycles. The van der Waals surface area contributed by atoms with Gasteiger partial charge in [0.1, 0.15) is 5.65 Å². The minimum atomic E-state index is -3.47. The second-order valence-electron chi connectivity index (χ2n) is 8.88. The van der Waals surface area contributed by atoms with Gasteiger partial charge >= 0.3 is 0 Å². The van der Waals surface area contributed by atoms with Crippen LogP contribution in [-0.2, 0) is 34.8 Å². The molecular formula is C24H31N5O4S. The fraction of sp³-hybridized carbons (Fsp3) is 0.458. The van der Waals surface area contributed by atoms with Crippen molar-refractivity contribution < 1.29 is 13.2 Å². The van der Waals surface area contributed by atoms with Crippen molar-refractivity contribution in [1.29, 1.82) is 0 Å². The predicted octanol–water partition coefficient (Wildman–Crippen LogP) is 2.30. The molecule has 1 fully saturated rings. The van der Waals surface area contributed by atoms with Crippen molar-refractivity contribution in [1.82, 2.24) is 24.4 Å². The van der Waals surface area contributed by atoms with E-state index in [1.807, 2.05) is 13.8 Å². The number of pyridine rings is 1. The minimum absolute atomic E-state index is 0.174. The summed E-state index contributed by atoms with van der Waals surface area (Å²) in [6.07, 6.45) is 3.35. The number of aromatic nitrogens is 3. The number of nitrogens with zero attached hydrogens (tertiary/aromatic N) is 3. The molecular weight excluding hydrogens is 454 g/mol. The van der Waals surface area contributed by atoms with E-state index in [0.717, 1.165) is 41.5 Å². The Hall–Kier alpha value is -2.98. The molecule has 34 heavy (non-hydrogen) atoms. The van der Waals surface area contributed by atoms with Crippen LogP contribution in [0.1, 0.15) is 48.1 Å². The molecule has 3 aromatic rings. The largest absolute Gasteiger partial charge is 0.352 e. The lowest BCUT2D eigenvalue weighted by atomic mass is 10.0. The molecule has 0 spiro atoms. The van der Waals surface area contributed by atoms with Gasteiger partial charge < -0.3 is 10.3 Å². The van der Waals surface area contributed by atoms with Crippen LogP contribution in [0.5, 0.6) is 0 Å². The molecule has 2 aromatic heterocycles. The summed E-state index contributed by atoms with van der Waals surface area (Å²) in [6, 6.07) is 6.65. The third kappa shape index (κ3) is 4.78. The Morgan fingerprint density at radius 2 is 1.79 bits per heavy atom.